The lowest BCUT2D eigenvalue weighted by Crippen LogP contribution is -2.47. The molecule has 2 aliphatic carbocycles. The summed E-state index contributed by atoms with van der Waals surface area (Å²) in [5, 5.41) is 14.4. The number of amides is 2. The number of nitrogens with one attached hydrogen (secondary N) is 2. The SMILES string of the molecule is CCCC(NC(=O)NCC(C1CC1)C1CC1)C(=O)O. The maximum Gasteiger partial charge on any atom is 0.326 e. The first kappa shape index (κ1) is 14.2. The lowest BCUT2D eigenvalue weighted by atomic mass is 9.98. The molecular weight excluding hydrogens is 244 g/mol. The van der Waals surface area contributed by atoms with Crippen LogP contribution in [0, 0.1) is 17.8 Å². The molecule has 0 saturated heterocycles. The highest BCUT2D eigenvalue weighted by Gasteiger charge is 2.41. The minimum Gasteiger partial charge on any atom is -0.480 e. The third kappa shape index (κ3) is 4.40. The van der Waals surface area contributed by atoms with Crippen molar-refractivity contribution < 1.29 is 14.7 Å². The van der Waals surface area contributed by atoms with Crippen molar-refractivity contribution >= 4 is 12.0 Å². The van der Waals surface area contributed by atoms with E-state index in [0.717, 1.165) is 18.3 Å². The molecule has 0 radical (unpaired) electrons. The van der Waals surface area contributed by atoms with Crippen molar-refractivity contribution in [3.8, 4) is 0 Å². The first-order chi connectivity index (χ1) is 9.11. The second-order valence-electron chi connectivity index (χ2n) is 5.87. The number of carboxylic acids is 1. The lowest BCUT2D eigenvalue weighted by molar-refractivity contribution is -0.139. The van der Waals surface area contributed by atoms with Crippen molar-refractivity contribution in [2.45, 2.75) is 51.5 Å². The van der Waals surface area contributed by atoms with E-state index in [9.17, 15) is 9.59 Å². The summed E-state index contributed by atoms with van der Waals surface area (Å²) in [5.74, 6) is 1.23. The third-order valence-corrected chi connectivity index (χ3v) is 4.13. The number of rotatable bonds is 8. The molecular formula is C14H24N2O3. The predicted molar refractivity (Wildman–Crippen MR) is 71.8 cm³/mol. The Kier molecular flexibility index (Phi) is 4.66. The molecule has 19 heavy (non-hydrogen) atoms. The Morgan fingerprint density at radius 3 is 2.21 bits per heavy atom. The van der Waals surface area contributed by atoms with Gasteiger partial charge in [0.2, 0.25) is 0 Å². The Bertz CT molecular complexity index is 326. The summed E-state index contributed by atoms with van der Waals surface area (Å²) < 4.78 is 0. The van der Waals surface area contributed by atoms with Gasteiger partial charge in [-0.2, -0.15) is 0 Å². The highest BCUT2D eigenvalue weighted by molar-refractivity contribution is 5.82. The maximum atomic E-state index is 11.7. The standard InChI is InChI=1S/C14H24N2O3/c1-2-3-12(13(17)18)16-14(19)15-8-11(9-4-5-9)10-6-7-10/h9-12H,2-8H2,1H3,(H,17,18)(H2,15,16,19). The maximum absolute atomic E-state index is 11.7. The zero-order valence-corrected chi connectivity index (χ0v) is 11.5. The number of carbonyl (C=O) groups excluding carboxylic acids is 1. The van der Waals surface area contributed by atoms with Crippen LogP contribution in [0.25, 0.3) is 0 Å². The monoisotopic (exact) mass is 268 g/mol. The van der Waals surface area contributed by atoms with Gasteiger partial charge in [-0.15, -0.1) is 0 Å². The lowest BCUT2D eigenvalue weighted by Gasteiger charge is -2.18. The van der Waals surface area contributed by atoms with Crippen molar-refractivity contribution in [2.24, 2.45) is 17.8 Å². The Morgan fingerprint density at radius 1 is 1.21 bits per heavy atom. The molecule has 2 saturated carbocycles. The van der Waals surface area contributed by atoms with E-state index in [1.165, 1.54) is 25.7 Å². The van der Waals surface area contributed by atoms with Gasteiger partial charge in [-0.05, 0) is 49.9 Å². The summed E-state index contributed by atoms with van der Waals surface area (Å²) in [6.45, 7) is 2.60. The molecule has 1 unspecified atom stereocenters. The second-order valence-corrected chi connectivity index (χ2v) is 5.87. The molecule has 0 heterocycles. The zero-order valence-electron chi connectivity index (χ0n) is 11.5. The van der Waals surface area contributed by atoms with Crippen LogP contribution < -0.4 is 10.6 Å². The molecule has 0 aromatic carbocycles. The summed E-state index contributed by atoms with van der Waals surface area (Å²) in [6, 6.07) is -1.11. The average Bonchev–Trinajstić information content (AvgIpc) is 3.22. The minimum absolute atomic E-state index is 0.341. The Labute approximate surface area is 114 Å². The van der Waals surface area contributed by atoms with Gasteiger partial charge < -0.3 is 15.7 Å². The van der Waals surface area contributed by atoms with E-state index in [0.29, 0.717) is 18.9 Å². The second kappa shape index (κ2) is 6.26. The molecule has 2 fully saturated rings. The molecule has 2 amide bonds. The molecule has 0 aromatic rings. The summed E-state index contributed by atoms with van der Waals surface area (Å²) >= 11 is 0. The number of hydrogen-bond donors (Lipinski definition) is 3. The summed E-state index contributed by atoms with van der Waals surface area (Å²) in [5.41, 5.74) is 0. The predicted octanol–water partition coefficient (Wildman–Crippen LogP) is 1.98. The van der Waals surface area contributed by atoms with Crippen LogP contribution in [0.3, 0.4) is 0 Å². The van der Waals surface area contributed by atoms with Crippen LogP contribution in [0.5, 0.6) is 0 Å². The number of urea groups is 1. The first-order valence-electron chi connectivity index (χ1n) is 7.39. The molecule has 5 heteroatoms. The van der Waals surface area contributed by atoms with E-state index in [2.05, 4.69) is 10.6 Å². The minimum atomic E-state index is -0.960. The Hall–Kier alpha value is -1.26. The van der Waals surface area contributed by atoms with Crippen LogP contribution >= 0.6 is 0 Å². The summed E-state index contributed by atoms with van der Waals surface area (Å²) in [4.78, 5) is 22.7. The van der Waals surface area contributed by atoms with Gasteiger partial charge in [0.1, 0.15) is 6.04 Å². The van der Waals surface area contributed by atoms with Gasteiger partial charge >= 0.3 is 12.0 Å². The smallest absolute Gasteiger partial charge is 0.326 e. The fourth-order valence-electron chi connectivity index (χ4n) is 2.73. The molecule has 0 aromatic heterocycles. The van der Waals surface area contributed by atoms with Crippen LogP contribution in [0.15, 0.2) is 0 Å². The van der Waals surface area contributed by atoms with E-state index in [-0.39, 0.29) is 6.03 Å². The number of carbonyl (C=O) groups is 2. The van der Waals surface area contributed by atoms with Gasteiger partial charge in [0.15, 0.2) is 0 Å². The van der Waals surface area contributed by atoms with Crippen molar-refractivity contribution in [1.82, 2.24) is 10.6 Å². The molecule has 108 valence electrons. The highest BCUT2D eigenvalue weighted by Crippen LogP contribution is 2.48. The highest BCUT2D eigenvalue weighted by atomic mass is 16.4. The van der Waals surface area contributed by atoms with Crippen molar-refractivity contribution in [1.29, 1.82) is 0 Å². The molecule has 3 N–H and O–H groups in total. The van der Waals surface area contributed by atoms with Gasteiger partial charge in [-0.3, -0.25) is 0 Å². The molecule has 0 spiro atoms. The molecule has 0 bridgehead atoms. The van der Waals surface area contributed by atoms with Gasteiger partial charge in [0.05, 0.1) is 0 Å². The Morgan fingerprint density at radius 2 is 1.79 bits per heavy atom. The fourth-order valence-corrected chi connectivity index (χ4v) is 2.73. The number of hydrogen-bond acceptors (Lipinski definition) is 2. The molecule has 2 aliphatic rings. The molecule has 2 rings (SSSR count). The zero-order chi connectivity index (χ0) is 13.8. The molecule has 1 atom stereocenters. The van der Waals surface area contributed by atoms with Gasteiger partial charge in [-0.25, -0.2) is 9.59 Å². The Balaban J connectivity index is 1.71. The molecule has 5 nitrogen and oxygen atoms in total. The third-order valence-electron chi connectivity index (χ3n) is 4.13. The van der Waals surface area contributed by atoms with E-state index in [1.54, 1.807) is 0 Å². The van der Waals surface area contributed by atoms with E-state index in [1.807, 2.05) is 6.92 Å². The largest absolute Gasteiger partial charge is 0.480 e. The van der Waals surface area contributed by atoms with Crippen molar-refractivity contribution in [3.05, 3.63) is 0 Å². The number of aliphatic carboxylic acids is 1. The quantitative estimate of drug-likeness (QED) is 0.630. The van der Waals surface area contributed by atoms with Gasteiger partial charge in [-0.1, -0.05) is 13.3 Å². The summed E-state index contributed by atoms with van der Waals surface area (Å²) in [6.07, 6.45) is 6.37. The van der Waals surface area contributed by atoms with E-state index >= 15 is 0 Å². The summed E-state index contributed by atoms with van der Waals surface area (Å²) in [7, 11) is 0. The van der Waals surface area contributed by atoms with Gasteiger partial charge in [0, 0.05) is 6.54 Å². The van der Waals surface area contributed by atoms with Crippen molar-refractivity contribution in [3.63, 3.8) is 0 Å². The average molecular weight is 268 g/mol. The van der Waals surface area contributed by atoms with Crippen LogP contribution in [-0.2, 0) is 4.79 Å². The first-order valence-corrected chi connectivity index (χ1v) is 7.39. The normalized spacial score (nSPS) is 20.1. The van der Waals surface area contributed by atoms with Crippen molar-refractivity contribution in [2.75, 3.05) is 6.54 Å². The van der Waals surface area contributed by atoms with Crippen LogP contribution in [0.1, 0.15) is 45.4 Å². The molecule has 0 aliphatic heterocycles. The van der Waals surface area contributed by atoms with E-state index in [4.69, 9.17) is 5.11 Å². The van der Waals surface area contributed by atoms with Crippen LogP contribution in [-0.4, -0.2) is 29.7 Å². The van der Waals surface area contributed by atoms with E-state index < -0.39 is 12.0 Å². The van der Waals surface area contributed by atoms with Crippen LogP contribution in [0.2, 0.25) is 0 Å². The van der Waals surface area contributed by atoms with Gasteiger partial charge in [0.25, 0.3) is 0 Å². The number of carboxylic acid groups (broad SMARTS) is 1. The topological polar surface area (TPSA) is 78.4 Å². The fraction of sp³-hybridized carbons (Fsp3) is 0.857. The van der Waals surface area contributed by atoms with Crippen LogP contribution in [0.4, 0.5) is 4.79 Å².